The van der Waals surface area contributed by atoms with Gasteiger partial charge in [-0.3, -0.25) is 4.57 Å². The summed E-state index contributed by atoms with van der Waals surface area (Å²) in [6, 6.07) is 1.83. The van der Waals surface area contributed by atoms with E-state index >= 15 is 0 Å². The average Bonchev–Trinajstić information content (AvgIpc) is 3.09. The summed E-state index contributed by atoms with van der Waals surface area (Å²) in [6.45, 7) is 5.49. The molecule has 26 heavy (non-hydrogen) atoms. The summed E-state index contributed by atoms with van der Waals surface area (Å²) < 4.78 is 33.9. The molecule has 1 unspecified atom stereocenters. The SMILES string of the molecule is CCOC(=O)C1=C(CP(=O)(OCC)OCC)NC(=O)NC1c1ccco1. The van der Waals surface area contributed by atoms with E-state index in [2.05, 4.69) is 10.6 Å². The molecule has 1 aliphatic rings. The van der Waals surface area contributed by atoms with Crippen molar-refractivity contribution in [3.05, 3.63) is 35.4 Å². The molecule has 0 aliphatic carbocycles. The standard InChI is InChI=1S/C16H23N2O7P/c1-4-22-15(19)13-11(10-26(21,24-5-2)25-6-3)17-16(20)18-14(13)12-8-7-9-23-12/h7-9,14H,4-6,10H2,1-3H3,(H2,17,18,20). The van der Waals surface area contributed by atoms with Crippen molar-refractivity contribution in [1.82, 2.24) is 10.6 Å². The van der Waals surface area contributed by atoms with Crippen molar-refractivity contribution >= 4 is 19.6 Å². The van der Waals surface area contributed by atoms with Crippen LogP contribution in [-0.4, -0.2) is 38.0 Å². The molecule has 0 saturated carbocycles. The number of esters is 1. The van der Waals surface area contributed by atoms with Crippen molar-refractivity contribution in [1.29, 1.82) is 0 Å². The molecule has 10 heteroatoms. The topological polar surface area (TPSA) is 116 Å². The smallest absolute Gasteiger partial charge is 0.338 e. The largest absolute Gasteiger partial charge is 0.467 e. The first kappa shape index (κ1) is 20.2. The number of urea groups is 1. The molecule has 1 aromatic rings. The van der Waals surface area contributed by atoms with Crippen molar-refractivity contribution in [2.75, 3.05) is 26.0 Å². The molecule has 0 saturated heterocycles. The first-order valence-electron chi connectivity index (χ1n) is 8.33. The number of furan rings is 1. The molecule has 9 nitrogen and oxygen atoms in total. The summed E-state index contributed by atoms with van der Waals surface area (Å²) in [5, 5.41) is 5.14. The monoisotopic (exact) mass is 386 g/mol. The lowest BCUT2D eigenvalue weighted by atomic mass is 10.0. The summed E-state index contributed by atoms with van der Waals surface area (Å²) in [5.74, 6) is -0.306. The number of hydrogen-bond donors (Lipinski definition) is 2. The van der Waals surface area contributed by atoms with E-state index in [1.807, 2.05) is 0 Å². The van der Waals surface area contributed by atoms with E-state index < -0.39 is 25.6 Å². The van der Waals surface area contributed by atoms with Crippen LogP contribution in [0.15, 0.2) is 34.1 Å². The summed E-state index contributed by atoms with van der Waals surface area (Å²) >= 11 is 0. The Bertz CT molecular complexity index is 704. The molecule has 144 valence electrons. The van der Waals surface area contributed by atoms with Gasteiger partial charge >= 0.3 is 19.6 Å². The van der Waals surface area contributed by atoms with Gasteiger partial charge in [0.25, 0.3) is 0 Å². The number of carbonyl (C=O) groups excluding carboxylic acids is 2. The first-order chi connectivity index (χ1) is 12.4. The zero-order valence-corrected chi connectivity index (χ0v) is 15.8. The minimum atomic E-state index is -3.55. The minimum Gasteiger partial charge on any atom is -0.467 e. The van der Waals surface area contributed by atoms with Crippen LogP contribution >= 0.6 is 7.60 Å². The zero-order chi connectivity index (χ0) is 19.2. The van der Waals surface area contributed by atoms with Crippen LogP contribution < -0.4 is 10.6 Å². The van der Waals surface area contributed by atoms with E-state index in [0.29, 0.717) is 5.76 Å². The Kier molecular flexibility index (Phi) is 7.02. The van der Waals surface area contributed by atoms with Gasteiger partial charge in [0.15, 0.2) is 0 Å². The summed E-state index contributed by atoms with van der Waals surface area (Å²) in [7, 11) is -3.55. The predicted molar refractivity (Wildman–Crippen MR) is 92.5 cm³/mol. The fourth-order valence-electron chi connectivity index (χ4n) is 2.58. The van der Waals surface area contributed by atoms with Crippen molar-refractivity contribution in [2.24, 2.45) is 0 Å². The highest BCUT2D eigenvalue weighted by atomic mass is 31.2. The molecule has 0 fully saturated rings. The number of rotatable bonds is 9. The van der Waals surface area contributed by atoms with E-state index in [1.165, 1.54) is 6.26 Å². The molecule has 2 amide bonds. The third-order valence-corrected chi connectivity index (χ3v) is 5.49. The molecule has 2 rings (SSSR count). The van der Waals surface area contributed by atoms with Gasteiger partial charge in [-0.05, 0) is 32.9 Å². The van der Waals surface area contributed by atoms with Crippen molar-refractivity contribution in [3.63, 3.8) is 0 Å². The average molecular weight is 386 g/mol. The van der Waals surface area contributed by atoms with Crippen LogP contribution in [0.5, 0.6) is 0 Å². The summed E-state index contributed by atoms with van der Waals surface area (Å²) in [4.78, 5) is 24.6. The Morgan fingerprint density at radius 2 is 1.92 bits per heavy atom. The summed E-state index contributed by atoms with van der Waals surface area (Å²) in [5.41, 5.74) is 0.222. The van der Waals surface area contributed by atoms with Gasteiger partial charge in [0, 0.05) is 5.70 Å². The van der Waals surface area contributed by atoms with Gasteiger partial charge < -0.3 is 28.8 Å². The Morgan fingerprint density at radius 3 is 2.46 bits per heavy atom. The zero-order valence-electron chi connectivity index (χ0n) is 14.9. The van der Waals surface area contributed by atoms with Crippen LogP contribution in [0.1, 0.15) is 32.6 Å². The van der Waals surface area contributed by atoms with Gasteiger partial charge in [-0.1, -0.05) is 0 Å². The second-order valence-corrected chi connectivity index (χ2v) is 7.32. The fraction of sp³-hybridized carbons (Fsp3) is 0.500. The Hall–Kier alpha value is -2.09. The highest BCUT2D eigenvalue weighted by Gasteiger charge is 2.38. The lowest BCUT2D eigenvalue weighted by Gasteiger charge is -2.29. The molecular formula is C16H23N2O7P. The Balaban J connectivity index is 2.49. The number of hydrogen-bond acceptors (Lipinski definition) is 7. The van der Waals surface area contributed by atoms with Crippen molar-refractivity contribution in [2.45, 2.75) is 26.8 Å². The predicted octanol–water partition coefficient (Wildman–Crippen LogP) is 2.72. The normalized spacial score (nSPS) is 17.7. The third-order valence-electron chi connectivity index (χ3n) is 3.48. The van der Waals surface area contributed by atoms with Gasteiger partial charge in [-0.15, -0.1) is 0 Å². The van der Waals surface area contributed by atoms with Gasteiger partial charge in [-0.25, -0.2) is 9.59 Å². The first-order valence-corrected chi connectivity index (χ1v) is 10.1. The molecule has 1 atom stereocenters. The van der Waals surface area contributed by atoms with Gasteiger partial charge in [0.2, 0.25) is 0 Å². The van der Waals surface area contributed by atoms with Crippen LogP contribution in [0, 0.1) is 0 Å². The van der Waals surface area contributed by atoms with Crippen molar-refractivity contribution in [3.8, 4) is 0 Å². The number of nitrogens with one attached hydrogen (secondary N) is 2. The van der Waals surface area contributed by atoms with Crippen LogP contribution in [0.4, 0.5) is 4.79 Å². The third kappa shape index (κ3) is 4.75. The molecule has 0 spiro atoms. The molecule has 0 radical (unpaired) electrons. The molecule has 0 bridgehead atoms. The molecule has 2 heterocycles. The maximum absolute atomic E-state index is 12.9. The molecule has 1 aliphatic heterocycles. The second-order valence-electron chi connectivity index (χ2n) is 5.26. The van der Waals surface area contributed by atoms with Crippen LogP contribution in [0.3, 0.4) is 0 Å². The van der Waals surface area contributed by atoms with Gasteiger partial charge in [0.05, 0.1) is 37.8 Å². The minimum absolute atomic E-state index is 0.0982. The lowest BCUT2D eigenvalue weighted by Crippen LogP contribution is -2.46. The van der Waals surface area contributed by atoms with E-state index in [4.69, 9.17) is 18.2 Å². The number of amides is 2. The van der Waals surface area contributed by atoms with E-state index in [1.54, 1.807) is 32.9 Å². The highest BCUT2D eigenvalue weighted by molar-refractivity contribution is 7.54. The quantitative estimate of drug-likeness (QED) is 0.495. The Labute approximate surface area is 151 Å². The maximum atomic E-state index is 12.9. The van der Waals surface area contributed by atoms with Crippen molar-refractivity contribution < 1.29 is 32.4 Å². The van der Waals surface area contributed by atoms with Gasteiger partial charge in [0.1, 0.15) is 11.8 Å². The van der Waals surface area contributed by atoms with Crippen LogP contribution in [-0.2, 0) is 23.1 Å². The number of ether oxygens (including phenoxy) is 1. The second kappa shape index (κ2) is 9.02. The Morgan fingerprint density at radius 1 is 1.23 bits per heavy atom. The number of allylic oxidation sites excluding steroid dienone is 1. The lowest BCUT2D eigenvalue weighted by molar-refractivity contribution is -0.139. The number of carbonyl (C=O) groups is 2. The van der Waals surface area contributed by atoms with Gasteiger partial charge in [-0.2, -0.15) is 0 Å². The summed E-state index contributed by atoms with van der Waals surface area (Å²) in [6.07, 6.45) is 1.16. The van der Waals surface area contributed by atoms with Crippen LogP contribution in [0.25, 0.3) is 0 Å². The van der Waals surface area contributed by atoms with E-state index in [-0.39, 0.29) is 37.3 Å². The molecule has 2 N–H and O–H groups in total. The molecule has 1 aromatic heterocycles. The maximum Gasteiger partial charge on any atom is 0.338 e. The van der Waals surface area contributed by atoms with Crippen LogP contribution in [0.2, 0.25) is 0 Å². The van der Waals surface area contributed by atoms with E-state index in [0.717, 1.165) is 0 Å². The molecule has 0 aromatic carbocycles. The molecular weight excluding hydrogens is 363 g/mol. The highest BCUT2D eigenvalue weighted by Crippen LogP contribution is 2.50. The van der Waals surface area contributed by atoms with E-state index in [9.17, 15) is 14.2 Å². The fourth-order valence-corrected chi connectivity index (χ4v) is 4.26.